The van der Waals surface area contributed by atoms with E-state index in [9.17, 15) is 9.50 Å². The lowest BCUT2D eigenvalue weighted by Crippen LogP contribution is -2.10. The lowest BCUT2D eigenvalue weighted by molar-refractivity contribution is 0.274. The first-order chi connectivity index (χ1) is 9.40. The maximum Gasteiger partial charge on any atom is 0.224 e. The van der Waals surface area contributed by atoms with Crippen molar-refractivity contribution in [1.82, 2.24) is 4.98 Å². The standard InChI is InChI=1S/C16H18FNO2/c1-16(2,3)12-4-6-14(7-5-12)20-15-11(10-19)8-13(17)9-18-15/h4-9,19H,10H2,1-3H3. The number of hydrogen-bond acceptors (Lipinski definition) is 3. The van der Waals surface area contributed by atoms with Gasteiger partial charge in [0.2, 0.25) is 5.88 Å². The third-order valence-corrected chi connectivity index (χ3v) is 3.00. The number of hydrogen-bond donors (Lipinski definition) is 1. The highest BCUT2D eigenvalue weighted by atomic mass is 19.1. The second-order valence-corrected chi connectivity index (χ2v) is 5.65. The molecule has 1 aromatic heterocycles. The van der Waals surface area contributed by atoms with Crippen molar-refractivity contribution in [2.24, 2.45) is 0 Å². The number of aliphatic hydroxyl groups is 1. The molecule has 0 aliphatic rings. The zero-order valence-electron chi connectivity index (χ0n) is 11.9. The van der Waals surface area contributed by atoms with Crippen LogP contribution < -0.4 is 4.74 Å². The Hall–Kier alpha value is -1.94. The van der Waals surface area contributed by atoms with E-state index in [0.717, 1.165) is 6.20 Å². The van der Waals surface area contributed by atoms with Gasteiger partial charge >= 0.3 is 0 Å². The molecule has 0 aliphatic heterocycles. The first-order valence-corrected chi connectivity index (χ1v) is 6.44. The fourth-order valence-electron chi connectivity index (χ4n) is 1.81. The number of pyridine rings is 1. The van der Waals surface area contributed by atoms with Gasteiger partial charge in [-0.15, -0.1) is 0 Å². The molecule has 2 rings (SSSR count). The van der Waals surface area contributed by atoms with Crippen LogP contribution >= 0.6 is 0 Å². The molecule has 0 unspecified atom stereocenters. The Labute approximate surface area is 118 Å². The van der Waals surface area contributed by atoms with Crippen molar-refractivity contribution in [2.75, 3.05) is 0 Å². The zero-order valence-corrected chi connectivity index (χ0v) is 11.9. The lowest BCUT2D eigenvalue weighted by Gasteiger charge is -2.19. The zero-order chi connectivity index (χ0) is 14.8. The molecule has 0 spiro atoms. The first kappa shape index (κ1) is 14.5. The molecular formula is C16H18FNO2. The van der Waals surface area contributed by atoms with Gasteiger partial charge < -0.3 is 9.84 Å². The van der Waals surface area contributed by atoms with Gasteiger partial charge in [0.1, 0.15) is 11.6 Å². The minimum absolute atomic E-state index is 0.0723. The molecule has 0 aliphatic carbocycles. The predicted molar refractivity (Wildman–Crippen MR) is 75.3 cm³/mol. The summed E-state index contributed by atoms with van der Waals surface area (Å²) in [7, 11) is 0. The second kappa shape index (κ2) is 5.59. The molecule has 1 aromatic carbocycles. The highest BCUT2D eigenvalue weighted by molar-refractivity contribution is 5.35. The number of aliphatic hydroxyl groups excluding tert-OH is 1. The molecule has 106 valence electrons. The summed E-state index contributed by atoms with van der Waals surface area (Å²) in [5, 5.41) is 9.19. The predicted octanol–water partition coefficient (Wildman–Crippen LogP) is 3.80. The smallest absolute Gasteiger partial charge is 0.224 e. The van der Waals surface area contributed by atoms with Crippen molar-refractivity contribution in [3.63, 3.8) is 0 Å². The summed E-state index contributed by atoms with van der Waals surface area (Å²) >= 11 is 0. The van der Waals surface area contributed by atoms with Gasteiger partial charge in [-0.1, -0.05) is 32.9 Å². The van der Waals surface area contributed by atoms with Gasteiger partial charge in [0.15, 0.2) is 0 Å². The van der Waals surface area contributed by atoms with E-state index in [0.29, 0.717) is 11.3 Å². The molecule has 0 saturated carbocycles. The van der Waals surface area contributed by atoms with Gasteiger partial charge in [-0.2, -0.15) is 0 Å². The Morgan fingerprint density at radius 3 is 2.40 bits per heavy atom. The summed E-state index contributed by atoms with van der Waals surface area (Å²) in [6.45, 7) is 6.08. The third kappa shape index (κ3) is 3.33. The number of aromatic nitrogens is 1. The SMILES string of the molecule is CC(C)(C)c1ccc(Oc2ncc(F)cc2CO)cc1. The Morgan fingerprint density at radius 2 is 1.85 bits per heavy atom. The minimum Gasteiger partial charge on any atom is -0.439 e. The van der Waals surface area contributed by atoms with Gasteiger partial charge in [-0.25, -0.2) is 9.37 Å². The van der Waals surface area contributed by atoms with Crippen LogP contribution in [-0.4, -0.2) is 10.1 Å². The average Bonchev–Trinajstić information content (AvgIpc) is 2.40. The van der Waals surface area contributed by atoms with E-state index in [1.807, 2.05) is 24.3 Å². The molecule has 0 radical (unpaired) electrons. The molecule has 0 amide bonds. The monoisotopic (exact) mass is 275 g/mol. The van der Waals surface area contributed by atoms with Gasteiger partial charge in [0, 0.05) is 5.56 Å². The van der Waals surface area contributed by atoms with E-state index in [1.54, 1.807) is 0 Å². The van der Waals surface area contributed by atoms with Gasteiger partial charge in [0.05, 0.1) is 12.8 Å². The van der Waals surface area contributed by atoms with E-state index in [-0.39, 0.29) is 17.9 Å². The van der Waals surface area contributed by atoms with Crippen molar-refractivity contribution in [1.29, 1.82) is 0 Å². The van der Waals surface area contributed by atoms with Crippen LogP contribution in [0.3, 0.4) is 0 Å². The quantitative estimate of drug-likeness (QED) is 0.926. The summed E-state index contributed by atoms with van der Waals surface area (Å²) in [5.41, 5.74) is 1.59. The van der Waals surface area contributed by atoms with Crippen LogP contribution in [0.1, 0.15) is 31.9 Å². The number of halogens is 1. The Morgan fingerprint density at radius 1 is 1.20 bits per heavy atom. The highest BCUT2D eigenvalue weighted by Crippen LogP contribution is 2.27. The molecule has 20 heavy (non-hydrogen) atoms. The van der Waals surface area contributed by atoms with Crippen LogP contribution in [0.15, 0.2) is 36.5 Å². The van der Waals surface area contributed by atoms with Crippen LogP contribution in [0, 0.1) is 5.82 Å². The Kier molecular flexibility index (Phi) is 4.04. The number of ether oxygens (including phenoxy) is 1. The van der Waals surface area contributed by atoms with E-state index in [2.05, 4.69) is 25.8 Å². The van der Waals surface area contributed by atoms with Crippen LogP contribution in [0.25, 0.3) is 0 Å². The number of benzene rings is 1. The fourth-order valence-corrected chi connectivity index (χ4v) is 1.81. The van der Waals surface area contributed by atoms with Gasteiger partial charge in [-0.05, 0) is 29.2 Å². The molecule has 0 atom stereocenters. The Bertz CT molecular complexity index is 588. The molecule has 0 saturated heterocycles. The topological polar surface area (TPSA) is 42.4 Å². The van der Waals surface area contributed by atoms with E-state index in [1.165, 1.54) is 11.6 Å². The number of rotatable bonds is 3. The summed E-state index contributed by atoms with van der Waals surface area (Å²) in [5.74, 6) is 0.327. The molecular weight excluding hydrogens is 257 g/mol. The summed E-state index contributed by atoms with van der Waals surface area (Å²) in [6.07, 6.45) is 1.07. The fraction of sp³-hybridized carbons (Fsp3) is 0.312. The normalized spacial score (nSPS) is 11.4. The van der Waals surface area contributed by atoms with Crippen LogP contribution in [0.5, 0.6) is 11.6 Å². The molecule has 3 nitrogen and oxygen atoms in total. The van der Waals surface area contributed by atoms with Crippen molar-refractivity contribution in [2.45, 2.75) is 32.8 Å². The molecule has 2 aromatic rings. The summed E-state index contributed by atoms with van der Waals surface area (Å²) < 4.78 is 18.6. The number of nitrogens with zero attached hydrogens (tertiary/aromatic N) is 1. The van der Waals surface area contributed by atoms with Crippen molar-refractivity contribution in [3.8, 4) is 11.6 Å². The largest absolute Gasteiger partial charge is 0.439 e. The van der Waals surface area contributed by atoms with Crippen LogP contribution in [0.2, 0.25) is 0 Å². The van der Waals surface area contributed by atoms with Gasteiger partial charge in [-0.3, -0.25) is 0 Å². The maximum absolute atomic E-state index is 13.0. The maximum atomic E-state index is 13.0. The van der Waals surface area contributed by atoms with Crippen molar-refractivity contribution in [3.05, 3.63) is 53.5 Å². The molecule has 0 bridgehead atoms. The molecule has 1 N–H and O–H groups in total. The first-order valence-electron chi connectivity index (χ1n) is 6.44. The van der Waals surface area contributed by atoms with E-state index < -0.39 is 5.82 Å². The molecule has 0 fully saturated rings. The van der Waals surface area contributed by atoms with E-state index in [4.69, 9.17) is 4.74 Å². The van der Waals surface area contributed by atoms with E-state index >= 15 is 0 Å². The van der Waals surface area contributed by atoms with Gasteiger partial charge in [0.25, 0.3) is 0 Å². The van der Waals surface area contributed by atoms with Crippen molar-refractivity contribution < 1.29 is 14.2 Å². The highest BCUT2D eigenvalue weighted by Gasteiger charge is 2.13. The van der Waals surface area contributed by atoms with Crippen LogP contribution in [0.4, 0.5) is 4.39 Å². The third-order valence-electron chi connectivity index (χ3n) is 3.00. The molecule has 1 heterocycles. The van der Waals surface area contributed by atoms with Crippen LogP contribution in [-0.2, 0) is 12.0 Å². The van der Waals surface area contributed by atoms with Crippen molar-refractivity contribution >= 4 is 0 Å². The molecule has 4 heteroatoms. The lowest BCUT2D eigenvalue weighted by atomic mass is 9.87. The summed E-state index contributed by atoms with van der Waals surface area (Å²) in [4.78, 5) is 3.86. The average molecular weight is 275 g/mol. The Balaban J connectivity index is 2.22. The second-order valence-electron chi connectivity index (χ2n) is 5.65. The summed E-state index contributed by atoms with van der Waals surface area (Å²) in [6, 6.07) is 8.86. The minimum atomic E-state index is -0.496.